The lowest BCUT2D eigenvalue weighted by atomic mass is 9.99. The molecule has 0 radical (unpaired) electrons. The van der Waals surface area contributed by atoms with E-state index in [9.17, 15) is 0 Å². The van der Waals surface area contributed by atoms with Gasteiger partial charge in [-0.1, -0.05) is 47.5 Å². The van der Waals surface area contributed by atoms with E-state index >= 15 is 0 Å². The van der Waals surface area contributed by atoms with Gasteiger partial charge in [0.1, 0.15) is 0 Å². The third-order valence-corrected chi connectivity index (χ3v) is 3.12. The van der Waals surface area contributed by atoms with Gasteiger partial charge >= 0.3 is 0 Å². The predicted molar refractivity (Wildman–Crippen MR) is 79.8 cm³/mol. The van der Waals surface area contributed by atoms with Crippen LogP contribution in [0.5, 0.6) is 0 Å². The third-order valence-electron chi connectivity index (χ3n) is 2.79. The number of hydrogen-bond acceptors (Lipinski definition) is 1. The van der Waals surface area contributed by atoms with Crippen molar-refractivity contribution in [1.82, 2.24) is 0 Å². The standard InChI is InChI=1S/C16H16ClN/c1-3-18-11-13-6-4-5-7-14(13)15-10-12(2)8-9-16(15)17/h4-11H,3H2,1-2H3/b18-11+. The average molecular weight is 258 g/mol. The minimum Gasteiger partial charge on any atom is -0.293 e. The second-order valence-corrected chi connectivity index (χ2v) is 4.61. The van der Waals surface area contributed by atoms with Crippen LogP contribution in [0.25, 0.3) is 11.1 Å². The molecule has 18 heavy (non-hydrogen) atoms. The van der Waals surface area contributed by atoms with Gasteiger partial charge in [0, 0.05) is 28.9 Å². The summed E-state index contributed by atoms with van der Waals surface area (Å²) < 4.78 is 0. The molecule has 0 amide bonds. The number of hydrogen-bond donors (Lipinski definition) is 0. The predicted octanol–water partition coefficient (Wildman–Crippen LogP) is 4.75. The van der Waals surface area contributed by atoms with Gasteiger partial charge in [0.15, 0.2) is 0 Å². The minimum absolute atomic E-state index is 0.776. The first kappa shape index (κ1) is 12.8. The van der Waals surface area contributed by atoms with Crippen LogP contribution < -0.4 is 0 Å². The summed E-state index contributed by atoms with van der Waals surface area (Å²) in [5.74, 6) is 0. The number of halogens is 1. The van der Waals surface area contributed by atoms with Crippen molar-refractivity contribution < 1.29 is 0 Å². The van der Waals surface area contributed by atoms with Gasteiger partial charge < -0.3 is 0 Å². The molecule has 0 aliphatic carbocycles. The van der Waals surface area contributed by atoms with Crippen molar-refractivity contribution in [2.24, 2.45) is 4.99 Å². The lowest BCUT2D eigenvalue weighted by Gasteiger charge is -2.09. The highest BCUT2D eigenvalue weighted by molar-refractivity contribution is 6.33. The van der Waals surface area contributed by atoms with Crippen LogP contribution in [0.2, 0.25) is 5.02 Å². The molecule has 2 aromatic rings. The molecule has 0 aliphatic rings. The Morgan fingerprint density at radius 3 is 2.67 bits per heavy atom. The van der Waals surface area contributed by atoms with Crippen molar-refractivity contribution in [3.05, 3.63) is 58.6 Å². The van der Waals surface area contributed by atoms with Crippen LogP contribution in [0.3, 0.4) is 0 Å². The first-order valence-corrected chi connectivity index (χ1v) is 6.45. The second kappa shape index (κ2) is 5.83. The number of aryl methyl sites for hydroxylation is 1. The van der Waals surface area contributed by atoms with E-state index in [4.69, 9.17) is 11.6 Å². The monoisotopic (exact) mass is 257 g/mol. The summed E-state index contributed by atoms with van der Waals surface area (Å²) in [5, 5.41) is 0.776. The SMILES string of the molecule is CC/N=C/c1ccccc1-c1cc(C)ccc1Cl. The molecule has 2 rings (SSSR count). The highest BCUT2D eigenvalue weighted by Gasteiger charge is 2.07. The summed E-state index contributed by atoms with van der Waals surface area (Å²) in [6.07, 6.45) is 1.91. The molecule has 0 bridgehead atoms. The summed E-state index contributed by atoms with van der Waals surface area (Å²) in [5.41, 5.74) is 4.50. The Morgan fingerprint density at radius 2 is 1.89 bits per heavy atom. The Morgan fingerprint density at radius 1 is 1.11 bits per heavy atom. The largest absolute Gasteiger partial charge is 0.293 e. The van der Waals surface area contributed by atoms with Crippen LogP contribution >= 0.6 is 11.6 Å². The van der Waals surface area contributed by atoms with E-state index < -0.39 is 0 Å². The Hall–Kier alpha value is -1.60. The minimum atomic E-state index is 0.776. The lowest BCUT2D eigenvalue weighted by molar-refractivity contribution is 1.14. The lowest BCUT2D eigenvalue weighted by Crippen LogP contribution is -1.90. The first-order chi connectivity index (χ1) is 8.72. The number of aliphatic imine (C=N–C) groups is 1. The molecule has 1 nitrogen and oxygen atoms in total. The topological polar surface area (TPSA) is 12.4 Å². The van der Waals surface area contributed by atoms with Crippen LogP contribution in [-0.2, 0) is 0 Å². The van der Waals surface area contributed by atoms with E-state index in [1.54, 1.807) is 0 Å². The van der Waals surface area contributed by atoms with E-state index in [1.807, 2.05) is 37.4 Å². The van der Waals surface area contributed by atoms with Gasteiger partial charge in [-0.2, -0.15) is 0 Å². The fraction of sp³-hybridized carbons (Fsp3) is 0.188. The van der Waals surface area contributed by atoms with Crippen molar-refractivity contribution in [1.29, 1.82) is 0 Å². The smallest absolute Gasteiger partial charge is 0.0484 e. The van der Waals surface area contributed by atoms with Crippen molar-refractivity contribution in [3.8, 4) is 11.1 Å². The Labute approximate surface area is 113 Å². The fourth-order valence-electron chi connectivity index (χ4n) is 1.89. The third kappa shape index (κ3) is 2.80. The number of rotatable bonds is 3. The van der Waals surface area contributed by atoms with E-state index in [0.29, 0.717) is 0 Å². The van der Waals surface area contributed by atoms with Gasteiger partial charge in [-0.15, -0.1) is 0 Å². The second-order valence-electron chi connectivity index (χ2n) is 4.20. The maximum atomic E-state index is 6.29. The van der Waals surface area contributed by atoms with Crippen LogP contribution in [0, 0.1) is 6.92 Å². The molecule has 0 heterocycles. The van der Waals surface area contributed by atoms with Crippen LogP contribution in [0.1, 0.15) is 18.1 Å². The number of nitrogens with zero attached hydrogens (tertiary/aromatic N) is 1. The van der Waals surface area contributed by atoms with Crippen LogP contribution in [0.4, 0.5) is 0 Å². The van der Waals surface area contributed by atoms with Gasteiger partial charge in [0.05, 0.1) is 0 Å². The quantitative estimate of drug-likeness (QED) is 0.704. The van der Waals surface area contributed by atoms with E-state index in [2.05, 4.69) is 30.1 Å². The van der Waals surface area contributed by atoms with Crippen LogP contribution in [0.15, 0.2) is 47.5 Å². The molecule has 0 spiro atoms. The van der Waals surface area contributed by atoms with E-state index in [0.717, 1.165) is 28.3 Å². The molecule has 2 heteroatoms. The van der Waals surface area contributed by atoms with Crippen molar-refractivity contribution in [3.63, 3.8) is 0 Å². The molecule has 0 N–H and O–H groups in total. The Balaban J connectivity index is 2.56. The maximum absolute atomic E-state index is 6.29. The first-order valence-electron chi connectivity index (χ1n) is 6.07. The summed E-state index contributed by atoms with van der Waals surface area (Å²) in [6, 6.07) is 14.3. The molecule has 0 unspecified atom stereocenters. The van der Waals surface area contributed by atoms with Gasteiger partial charge in [-0.3, -0.25) is 4.99 Å². The zero-order chi connectivity index (χ0) is 13.0. The van der Waals surface area contributed by atoms with Gasteiger partial charge in [-0.25, -0.2) is 0 Å². The molecule has 92 valence electrons. The number of benzene rings is 2. The Bertz CT molecular complexity index is 573. The summed E-state index contributed by atoms with van der Waals surface area (Å²) >= 11 is 6.29. The highest BCUT2D eigenvalue weighted by Crippen LogP contribution is 2.30. The summed E-state index contributed by atoms with van der Waals surface area (Å²) in [6.45, 7) is 4.89. The van der Waals surface area contributed by atoms with Crippen molar-refractivity contribution in [2.45, 2.75) is 13.8 Å². The normalized spacial score (nSPS) is 11.1. The fourth-order valence-corrected chi connectivity index (χ4v) is 2.11. The zero-order valence-corrected chi connectivity index (χ0v) is 11.4. The van der Waals surface area contributed by atoms with Crippen molar-refractivity contribution in [2.75, 3.05) is 6.54 Å². The van der Waals surface area contributed by atoms with E-state index in [-0.39, 0.29) is 0 Å². The molecule has 2 aromatic carbocycles. The molecule has 0 saturated heterocycles. The highest BCUT2D eigenvalue weighted by atomic mass is 35.5. The molecule has 0 fully saturated rings. The maximum Gasteiger partial charge on any atom is 0.0484 e. The molecular formula is C16H16ClN. The zero-order valence-electron chi connectivity index (χ0n) is 10.7. The summed E-state index contributed by atoms with van der Waals surface area (Å²) in [7, 11) is 0. The molecule has 0 aromatic heterocycles. The Kier molecular flexibility index (Phi) is 4.16. The van der Waals surface area contributed by atoms with Gasteiger partial charge in [0.2, 0.25) is 0 Å². The average Bonchev–Trinajstić information content (AvgIpc) is 2.39. The molecular weight excluding hydrogens is 242 g/mol. The molecule has 0 saturated carbocycles. The molecule has 0 atom stereocenters. The summed E-state index contributed by atoms with van der Waals surface area (Å²) in [4.78, 5) is 4.31. The van der Waals surface area contributed by atoms with Crippen molar-refractivity contribution >= 4 is 17.8 Å². The van der Waals surface area contributed by atoms with E-state index in [1.165, 1.54) is 5.56 Å². The molecule has 0 aliphatic heterocycles. The van der Waals surface area contributed by atoms with Crippen LogP contribution in [-0.4, -0.2) is 12.8 Å². The van der Waals surface area contributed by atoms with Gasteiger partial charge in [-0.05, 0) is 31.5 Å². The van der Waals surface area contributed by atoms with Gasteiger partial charge in [0.25, 0.3) is 0 Å².